The van der Waals surface area contributed by atoms with Crippen LogP contribution in [0.3, 0.4) is 0 Å². The van der Waals surface area contributed by atoms with Crippen LogP contribution in [0.15, 0.2) is 48.5 Å². The predicted octanol–water partition coefficient (Wildman–Crippen LogP) is 3.93. The number of carbonyl (C=O) groups excluding carboxylic acids is 1. The van der Waals surface area contributed by atoms with Gasteiger partial charge in [-0.15, -0.1) is 0 Å². The van der Waals surface area contributed by atoms with Gasteiger partial charge in [-0.1, -0.05) is 13.8 Å². The molecule has 2 aromatic rings. The Hall–Kier alpha value is -2.40. The molecule has 1 amide bonds. The van der Waals surface area contributed by atoms with Gasteiger partial charge in [-0.05, 0) is 68.5 Å². The summed E-state index contributed by atoms with van der Waals surface area (Å²) < 4.78 is 18.5. The molecule has 25 heavy (non-hydrogen) atoms. The van der Waals surface area contributed by atoms with Crippen molar-refractivity contribution in [1.82, 2.24) is 10.2 Å². The number of rotatable bonds is 7. The van der Waals surface area contributed by atoms with E-state index in [0.717, 1.165) is 0 Å². The number of halogens is 1. The summed E-state index contributed by atoms with van der Waals surface area (Å²) in [5.74, 6) is 1.17. The normalized spacial score (nSPS) is 12.3. The second kappa shape index (κ2) is 8.62. The van der Waals surface area contributed by atoms with Crippen molar-refractivity contribution >= 4 is 5.91 Å². The van der Waals surface area contributed by atoms with Crippen LogP contribution in [-0.4, -0.2) is 37.5 Å². The molecular formula is C20H25FN2O2. The Kier molecular flexibility index (Phi) is 6.53. The average molecular weight is 344 g/mol. The molecule has 5 heteroatoms. The Bertz CT molecular complexity index is 674. The highest BCUT2D eigenvalue weighted by Gasteiger charge is 2.17. The van der Waals surface area contributed by atoms with Crippen molar-refractivity contribution in [2.75, 3.05) is 20.6 Å². The van der Waals surface area contributed by atoms with Gasteiger partial charge in [-0.3, -0.25) is 4.79 Å². The number of nitrogens with one attached hydrogen (secondary N) is 1. The molecule has 0 aliphatic rings. The highest BCUT2D eigenvalue weighted by atomic mass is 19.1. The van der Waals surface area contributed by atoms with Gasteiger partial charge in [0.2, 0.25) is 0 Å². The molecular weight excluding hydrogens is 319 g/mol. The highest BCUT2D eigenvalue weighted by molar-refractivity contribution is 5.94. The minimum atomic E-state index is -0.309. The number of nitrogens with zero attached hydrogens (tertiary/aromatic N) is 1. The largest absolute Gasteiger partial charge is 0.457 e. The van der Waals surface area contributed by atoms with Crippen LogP contribution in [0.25, 0.3) is 0 Å². The summed E-state index contributed by atoms with van der Waals surface area (Å²) >= 11 is 0. The van der Waals surface area contributed by atoms with Gasteiger partial charge in [0.15, 0.2) is 0 Å². The Morgan fingerprint density at radius 1 is 1.04 bits per heavy atom. The molecule has 1 atom stereocenters. The molecule has 0 spiro atoms. The third kappa shape index (κ3) is 5.57. The van der Waals surface area contributed by atoms with E-state index in [-0.39, 0.29) is 17.8 Å². The fraction of sp³-hybridized carbons (Fsp3) is 0.350. The molecule has 134 valence electrons. The van der Waals surface area contributed by atoms with Gasteiger partial charge in [0.1, 0.15) is 17.3 Å². The van der Waals surface area contributed by atoms with E-state index in [0.29, 0.717) is 29.5 Å². The van der Waals surface area contributed by atoms with Crippen LogP contribution in [0, 0.1) is 11.7 Å². The molecule has 0 radical (unpaired) electrons. The van der Waals surface area contributed by atoms with Gasteiger partial charge in [-0.25, -0.2) is 4.39 Å². The molecule has 0 bridgehead atoms. The van der Waals surface area contributed by atoms with Crippen LogP contribution in [-0.2, 0) is 0 Å². The minimum Gasteiger partial charge on any atom is -0.457 e. The number of ether oxygens (including phenoxy) is 1. The van der Waals surface area contributed by atoms with Crippen molar-refractivity contribution in [3.8, 4) is 11.5 Å². The van der Waals surface area contributed by atoms with Crippen molar-refractivity contribution in [3.05, 3.63) is 59.9 Å². The van der Waals surface area contributed by atoms with Crippen molar-refractivity contribution in [1.29, 1.82) is 0 Å². The maximum absolute atomic E-state index is 12.9. The monoisotopic (exact) mass is 344 g/mol. The van der Waals surface area contributed by atoms with Gasteiger partial charge in [0, 0.05) is 18.2 Å². The lowest BCUT2D eigenvalue weighted by Gasteiger charge is -2.28. The summed E-state index contributed by atoms with van der Waals surface area (Å²) in [7, 11) is 4.02. The standard InChI is InChI=1S/C20H25FN2O2/c1-14(2)19(23(3)4)13-22-20(24)15-5-9-17(10-6-15)25-18-11-7-16(21)8-12-18/h5-12,14,19H,13H2,1-4H3,(H,22,24)/t19-/m1/s1. The minimum absolute atomic E-state index is 0.110. The van der Waals surface area contributed by atoms with Crippen LogP contribution in [0.1, 0.15) is 24.2 Å². The summed E-state index contributed by atoms with van der Waals surface area (Å²) in [6.07, 6.45) is 0. The number of likely N-dealkylation sites (N-methyl/N-ethyl adjacent to an activating group) is 1. The lowest BCUT2D eigenvalue weighted by atomic mass is 10.0. The number of hydrogen-bond acceptors (Lipinski definition) is 3. The molecule has 4 nitrogen and oxygen atoms in total. The molecule has 0 fully saturated rings. The second-order valence-electron chi connectivity index (χ2n) is 6.57. The van der Waals surface area contributed by atoms with Crippen LogP contribution >= 0.6 is 0 Å². The van der Waals surface area contributed by atoms with Gasteiger partial charge in [0.25, 0.3) is 5.91 Å². The summed E-state index contributed by atoms with van der Waals surface area (Å²) in [5, 5.41) is 2.97. The molecule has 0 heterocycles. The van der Waals surface area contributed by atoms with Crippen LogP contribution in [0.4, 0.5) is 4.39 Å². The number of amides is 1. The number of carbonyl (C=O) groups is 1. The van der Waals surface area contributed by atoms with Crippen LogP contribution in [0.2, 0.25) is 0 Å². The van der Waals surface area contributed by atoms with Crippen molar-refractivity contribution in [2.45, 2.75) is 19.9 Å². The van der Waals surface area contributed by atoms with Gasteiger partial charge in [-0.2, -0.15) is 0 Å². The third-order valence-corrected chi connectivity index (χ3v) is 4.07. The van der Waals surface area contributed by atoms with E-state index in [1.165, 1.54) is 12.1 Å². The quantitative estimate of drug-likeness (QED) is 0.827. The molecule has 1 N–H and O–H groups in total. The van der Waals surface area contributed by atoms with E-state index in [1.54, 1.807) is 36.4 Å². The zero-order valence-electron chi connectivity index (χ0n) is 15.1. The fourth-order valence-corrected chi connectivity index (χ4v) is 2.63. The average Bonchev–Trinajstić information content (AvgIpc) is 2.57. The summed E-state index contributed by atoms with van der Waals surface area (Å²) in [6, 6.07) is 13.0. The van der Waals surface area contributed by atoms with E-state index >= 15 is 0 Å². The van der Waals surface area contributed by atoms with Crippen LogP contribution < -0.4 is 10.1 Å². The molecule has 0 saturated carbocycles. The molecule has 0 unspecified atom stereocenters. The van der Waals surface area contributed by atoms with E-state index in [4.69, 9.17) is 4.74 Å². The third-order valence-electron chi connectivity index (χ3n) is 4.07. The van der Waals surface area contributed by atoms with Gasteiger partial charge >= 0.3 is 0 Å². The van der Waals surface area contributed by atoms with Crippen molar-refractivity contribution in [3.63, 3.8) is 0 Å². The first-order valence-electron chi connectivity index (χ1n) is 8.35. The predicted molar refractivity (Wildman–Crippen MR) is 97.6 cm³/mol. The zero-order valence-corrected chi connectivity index (χ0v) is 15.1. The molecule has 2 aromatic carbocycles. The van der Waals surface area contributed by atoms with E-state index in [2.05, 4.69) is 24.1 Å². The molecule has 0 aromatic heterocycles. The summed E-state index contributed by atoms with van der Waals surface area (Å²) in [4.78, 5) is 14.4. The van der Waals surface area contributed by atoms with Crippen LogP contribution in [0.5, 0.6) is 11.5 Å². The van der Waals surface area contributed by atoms with E-state index in [9.17, 15) is 9.18 Å². The summed E-state index contributed by atoms with van der Waals surface area (Å²) in [5.41, 5.74) is 0.577. The first kappa shape index (κ1) is 18.9. The number of benzene rings is 2. The maximum atomic E-state index is 12.9. The fourth-order valence-electron chi connectivity index (χ4n) is 2.63. The smallest absolute Gasteiger partial charge is 0.251 e. The lowest BCUT2D eigenvalue weighted by molar-refractivity contribution is 0.0934. The molecule has 0 aliphatic heterocycles. The SMILES string of the molecule is CC(C)[C@@H](CNC(=O)c1ccc(Oc2ccc(F)cc2)cc1)N(C)C. The Morgan fingerprint density at radius 3 is 2.04 bits per heavy atom. The van der Waals surface area contributed by atoms with E-state index in [1.807, 2.05) is 14.1 Å². The van der Waals surface area contributed by atoms with E-state index < -0.39 is 0 Å². The molecule has 2 rings (SSSR count). The lowest BCUT2D eigenvalue weighted by Crippen LogP contribution is -2.43. The Morgan fingerprint density at radius 2 is 1.56 bits per heavy atom. The van der Waals surface area contributed by atoms with Gasteiger partial charge < -0.3 is 15.0 Å². The summed E-state index contributed by atoms with van der Waals surface area (Å²) in [6.45, 7) is 4.87. The molecule has 0 saturated heterocycles. The Balaban J connectivity index is 1.94. The first-order chi connectivity index (χ1) is 11.9. The Labute approximate surface area is 148 Å². The van der Waals surface area contributed by atoms with Crippen molar-refractivity contribution < 1.29 is 13.9 Å². The number of hydrogen-bond donors (Lipinski definition) is 1. The highest BCUT2D eigenvalue weighted by Crippen LogP contribution is 2.21. The zero-order chi connectivity index (χ0) is 18.4. The van der Waals surface area contributed by atoms with Crippen molar-refractivity contribution in [2.24, 2.45) is 5.92 Å². The van der Waals surface area contributed by atoms with Gasteiger partial charge in [0.05, 0.1) is 0 Å². The topological polar surface area (TPSA) is 41.6 Å². The second-order valence-corrected chi connectivity index (χ2v) is 6.57. The maximum Gasteiger partial charge on any atom is 0.251 e. The first-order valence-corrected chi connectivity index (χ1v) is 8.35. The molecule has 0 aliphatic carbocycles.